The zero-order valence-corrected chi connectivity index (χ0v) is 18.8. The number of benzene rings is 1. The van der Waals surface area contributed by atoms with Crippen molar-refractivity contribution >= 4 is 29.0 Å². The number of urea groups is 1. The lowest BCUT2D eigenvalue weighted by Gasteiger charge is -2.34. The Hall–Kier alpha value is -3.67. The molecule has 2 aromatic heterocycles. The maximum atomic E-state index is 13.0. The average Bonchev–Trinajstić information content (AvgIpc) is 2.82. The summed E-state index contributed by atoms with van der Waals surface area (Å²) in [6.45, 7) is 0.954. The summed E-state index contributed by atoms with van der Waals surface area (Å²) in [6, 6.07) is 6.70. The first-order valence-corrected chi connectivity index (χ1v) is 10.9. The maximum Gasteiger partial charge on any atom is 0.417 e. The summed E-state index contributed by atoms with van der Waals surface area (Å²) in [5.41, 5.74) is -0.813. The average molecular weight is 511 g/mol. The van der Waals surface area contributed by atoms with Gasteiger partial charge >= 0.3 is 12.2 Å². The highest BCUT2D eigenvalue weighted by Crippen LogP contribution is 2.29. The van der Waals surface area contributed by atoms with Gasteiger partial charge in [-0.25, -0.2) is 14.2 Å². The Balaban J connectivity index is 1.38. The molecule has 0 saturated carbocycles. The quantitative estimate of drug-likeness (QED) is 0.513. The van der Waals surface area contributed by atoms with Crippen molar-refractivity contribution in [2.24, 2.45) is 0 Å². The molecule has 1 aromatic carbocycles. The largest absolute Gasteiger partial charge is 0.417 e. The Bertz CT molecular complexity index is 1260. The van der Waals surface area contributed by atoms with E-state index < -0.39 is 29.1 Å². The highest BCUT2D eigenvalue weighted by molar-refractivity contribution is 6.33. The minimum absolute atomic E-state index is 0.0912. The summed E-state index contributed by atoms with van der Waals surface area (Å²) in [4.78, 5) is 30.4. The number of pyridine rings is 1. The minimum atomic E-state index is -4.55. The summed E-state index contributed by atoms with van der Waals surface area (Å²) in [7, 11) is 0. The van der Waals surface area contributed by atoms with Crippen LogP contribution >= 0.6 is 11.6 Å². The Morgan fingerprint density at radius 1 is 1.06 bits per heavy atom. The molecule has 3 heterocycles. The van der Waals surface area contributed by atoms with Crippen molar-refractivity contribution in [3.05, 3.63) is 75.5 Å². The van der Waals surface area contributed by atoms with E-state index in [1.807, 2.05) is 4.90 Å². The number of hydrogen-bond donors (Lipinski definition) is 2. The fourth-order valence-corrected chi connectivity index (χ4v) is 3.89. The molecule has 3 aromatic rings. The topological polar surface area (TPSA) is 92.2 Å². The van der Waals surface area contributed by atoms with Crippen LogP contribution in [0.25, 0.3) is 5.82 Å². The molecule has 1 fully saturated rings. The number of carbonyl (C=O) groups excluding carboxylic acids is 1. The van der Waals surface area contributed by atoms with Gasteiger partial charge in [-0.05, 0) is 49.2 Å². The predicted molar refractivity (Wildman–Crippen MR) is 121 cm³/mol. The van der Waals surface area contributed by atoms with Crippen LogP contribution in [0.5, 0.6) is 0 Å². The van der Waals surface area contributed by atoms with Gasteiger partial charge in [0.25, 0.3) is 5.56 Å². The summed E-state index contributed by atoms with van der Waals surface area (Å²) >= 11 is 6.28. The van der Waals surface area contributed by atoms with Gasteiger partial charge in [-0.2, -0.15) is 23.0 Å². The second-order valence-electron chi connectivity index (χ2n) is 7.83. The second kappa shape index (κ2) is 9.90. The van der Waals surface area contributed by atoms with Gasteiger partial charge in [0, 0.05) is 31.0 Å². The van der Waals surface area contributed by atoms with E-state index in [0.717, 1.165) is 16.8 Å². The lowest BCUT2D eigenvalue weighted by Crippen LogP contribution is -2.46. The van der Waals surface area contributed by atoms with Crippen molar-refractivity contribution in [1.82, 2.24) is 20.1 Å². The molecular weight excluding hydrogens is 492 g/mol. The molecule has 0 aliphatic carbocycles. The maximum absolute atomic E-state index is 13.0. The van der Waals surface area contributed by atoms with Crippen molar-refractivity contribution in [2.75, 3.05) is 23.3 Å². The molecule has 2 N–H and O–H groups in total. The van der Waals surface area contributed by atoms with E-state index in [2.05, 4.69) is 20.7 Å². The fraction of sp³-hybridized carbons (Fsp3) is 0.273. The normalized spacial score (nSPS) is 14.6. The molecule has 0 radical (unpaired) electrons. The van der Waals surface area contributed by atoms with Crippen LogP contribution in [0.1, 0.15) is 18.4 Å². The molecule has 1 saturated heterocycles. The summed E-state index contributed by atoms with van der Waals surface area (Å²) in [6.07, 6.45) is -1.44. The number of rotatable bonds is 4. The smallest absolute Gasteiger partial charge is 0.369 e. The Kier molecular flexibility index (Phi) is 6.92. The van der Waals surface area contributed by atoms with E-state index in [4.69, 9.17) is 11.6 Å². The molecule has 13 heteroatoms. The Morgan fingerprint density at radius 3 is 2.34 bits per heavy atom. The lowest BCUT2D eigenvalue weighted by molar-refractivity contribution is -0.137. The second-order valence-corrected chi connectivity index (χ2v) is 8.21. The van der Waals surface area contributed by atoms with E-state index in [0.29, 0.717) is 43.5 Å². The van der Waals surface area contributed by atoms with Crippen molar-refractivity contribution in [2.45, 2.75) is 25.1 Å². The van der Waals surface area contributed by atoms with Crippen LogP contribution in [0.4, 0.5) is 33.7 Å². The standard InChI is InChI=1S/C22H19ClF4N6O2/c23-19-17(12-29-33(20(19)34)18-6-1-13(11-28-18)22(25,26)27)32-9-7-16(8-10-32)31-21(35)30-15-4-2-14(24)3-5-15/h1-6,11-12,16H,7-10H2,(H2,30,31,35). The zero-order valence-electron chi connectivity index (χ0n) is 18.0. The molecule has 1 aliphatic heterocycles. The van der Waals surface area contributed by atoms with Crippen LogP contribution in [-0.4, -0.2) is 39.9 Å². The third kappa shape index (κ3) is 5.70. The van der Waals surface area contributed by atoms with Gasteiger partial charge in [0.1, 0.15) is 10.8 Å². The van der Waals surface area contributed by atoms with Gasteiger partial charge in [-0.15, -0.1) is 0 Å². The van der Waals surface area contributed by atoms with E-state index >= 15 is 0 Å². The van der Waals surface area contributed by atoms with Crippen LogP contribution in [0.3, 0.4) is 0 Å². The molecule has 0 atom stereocenters. The van der Waals surface area contributed by atoms with E-state index in [1.54, 1.807) is 0 Å². The summed E-state index contributed by atoms with van der Waals surface area (Å²) in [5.74, 6) is -0.494. The molecule has 8 nitrogen and oxygen atoms in total. The Morgan fingerprint density at radius 2 is 1.74 bits per heavy atom. The van der Waals surface area contributed by atoms with Gasteiger partial charge in [0.05, 0.1) is 17.4 Å². The van der Waals surface area contributed by atoms with Crippen molar-refractivity contribution in [3.63, 3.8) is 0 Å². The van der Waals surface area contributed by atoms with Gasteiger partial charge in [0.15, 0.2) is 5.82 Å². The molecule has 0 unspecified atom stereocenters. The van der Waals surface area contributed by atoms with E-state index in [-0.39, 0.29) is 16.9 Å². The summed E-state index contributed by atoms with van der Waals surface area (Å²) in [5, 5.41) is 9.38. The molecule has 2 amide bonds. The van der Waals surface area contributed by atoms with Crippen molar-refractivity contribution in [3.8, 4) is 5.82 Å². The van der Waals surface area contributed by atoms with Crippen molar-refractivity contribution < 1.29 is 22.4 Å². The first-order valence-electron chi connectivity index (χ1n) is 10.5. The van der Waals surface area contributed by atoms with Crippen molar-refractivity contribution in [1.29, 1.82) is 0 Å². The molecule has 0 spiro atoms. The Labute approximate surface area is 201 Å². The minimum Gasteiger partial charge on any atom is -0.369 e. The predicted octanol–water partition coefficient (Wildman–Crippen LogP) is 4.23. The molecule has 4 rings (SSSR count). The number of carbonyl (C=O) groups is 1. The summed E-state index contributed by atoms with van der Waals surface area (Å²) < 4.78 is 52.0. The zero-order chi connectivity index (χ0) is 25.2. The monoisotopic (exact) mass is 510 g/mol. The number of hydrogen-bond acceptors (Lipinski definition) is 5. The van der Waals surface area contributed by atoms with Crippen LogP contribution in [0.15, 0.2) is 53.6 Å². The SMILES string of the molecule is O=C(Nc1ccc(F)cc1)NC1CCN(c2cnn(-c3ccc(C(F)(F)F)cn3)c(=O)c2Cl)CC1. The van der Waals surface area contributed by atoms with Gasteiger partial charge in [0.2, 0.25) is 0 Å². The van der Waals surface area contributed by atoms with E-state index in [1.165, 1.54) is 30.5 Å². The number of halogens is 5. The molecule has 1 aliphatic rings. The number of aromatic nitrogens is 3. The lowest BCUT2D eigenvalue weighted by atomic mass is 10.0. The van der Waals surface area contributed by atoms with Crippen LogP contribution in [0.2, 0.25) is 5.02 Å². The highest BCUT2D eigenvalue weighted by Gasteiger charge is 2.31. The number of piperidine rings is 1. The number of amides is 2. The molecule has 35 heavy (non-hydrogen) atoms. The van der Waals surface area contributed by atoms with Crippen LogP contribution < -0.4 is 21.1 Å². The van der Waals surface area contributed by atoms with Crippen LogP contribution in [0, 0.1) is 5.82 Å². The number of alkyl halides is 3. The first-order chi connectivity index (χ1) is 16.6. The number of anilines is 2. The fourth-order valence-electron chi connectivity index (χ4n) is 3.64. The van der Waals surface area contributed by atoms with Gasteiger partial charge < -0.3 is 15.5 Å². The van der Waals surface area contributed by atoms with Crippen LogP contribution in [-0.2, 0) is 6.18 Å². The third-order valence-electron chi connectivity index (χ3n) is 5.47. The van der Waals surface area contributed by atoms with Gasteiger partial charge in [-0.1, -0.05) is 11.6 Å². The number of nitrogens with one attached hydrogen (secondary N) is 2. The van der Waals surface area contributed by atoms with E-state index in [9.17, 15) is 27.2 Å². The van der Waals surface area contributed by atoms with Gasteiger partial charge in [-0.3, -0.25) is 4.79 Å². The molecular formula is C22H19ClF4N6O2. The number of nitrogens with zero attached hydrogens (tertiary/aromatic N) is 4. The molecule has 0 bridgehead atoms. The highest BCUT2D eigenvalue weighted by atomic mass is 35.5. The first kappa shape index (κ1) is 24.5. The third-order valence-corrected chi connectivity index (χ3v) is 5.82. The molecule has 184 valence electrons.